The molecule has 0 fully saturated rings. The van der Waals surface area contributed by atoms with Gasteiger partial charge < -0.3 is 19.9 Å². The number of rotatable bonds is 5. The Labute approximate surface area is 143 Å². The maximum Gasteiger partial charge on any atom is 0.176 e. The minimum Gasteiger partial charge on any atom is -0.489 e. The number of hydrogen-bond acceptors (Lipinski definition) is 4. The number of ether oxygens (including phenoxy) is 2. The molecule has 4 heteroatoms. The van der Waals surface area contributed by atoms with E-state index in [0.717, 1.165) is 24.3 Å². The predicted molar refractivity (Wildman–Crippen MR) is 94.0 cm³/mol. The van der Waals surface area contributed by atoms with Crippen molar-refractivity contribution in [2.24, 2.45) is 0 Å². The van der Waals surface area contributed by atoms with Crippen LogP contribution in [-0.4, -0.2) is 25.1 Å². The molecular formula is C20H25NO3. The van der Waals surface area contributed by atoms with E-state index in [-0.39, 0.29) is 0 Å². The lowest BCUT2D eigenvalue weighted by atomic mass is 9.83. The van der Waals surface area contributed by atoms with Gasteiger partial charge in [-0.05, 0) is 54.7 Å². The third-order valence-electron chi connectivity index (χ3n) is 4.90. The van der Waals surface area contributed by atoms with E-state index in [9.17, 15) is 5.11 Å². The van der Waals surface area contributed by atoms with Gasteiger partial charge in [0.05, 0.1) is 5.54 Å². The first-order valence-corrected chi connectivity index (χ1v) is 8.31. The Hall–Kier alpha value is -1.88. The van der Waals surface area contributed by atoms with E-state index in [2.05, 4.69) is 30.4 Å². The van der Waals surface area contributed by atoms with Gasteiger partial charge >= 0.3 is 0 Å². The molecular weight excluding hydrogens is 302 g/mol. The number of aliphatic hydroxyl groups excluding tert-OH is 1. The molecule has 4 nitrogen and oxygen atoms in total. The summed E-state index contributed by atoms with van der Waals surface area (Å²) in [6.45, 7) is 5.41. The summed E-state index contributed by atoms with van der Waals surface area (Å²) in [5, 5.41) is 13.6. The molecule has 1 aliphatic rings. The largest absolute Gasteiger partial charge is 0.489 e. The van der Waals surface area contributed by atoms with Gasteiger partial charge in [0.1, 0.15) is 12.4 Å². The molecule has 3 rings (SSSR count). The van der Waals surface area contributed by atoms with Crippen LogP contribution in [0.3, 0.4) is 0 Å². The van der Waals surface area contributed by atoms with Gasteiger partial charge in [0.25, 0.3) is 0 Å². The maximum atomic E-state index is 10.2. The lowest BCUT2D eigenvalue weighted by molar-refractivity contribution is -0.133. The van der Waals surface area contributed by atoms with Crippen molar-refractivity contribution in [2.75, 3.05) is 13.7 Å². The molecule has 0 saturated carbocycles. The monoisotopic (exact) mass is 327 g/mol. The lowest BCUT2D eigenvalue weighted by Crippen LogP contribution is -2.53. The number of methoxy groups -OCH3 is 1. The van der Waals surface area contributed by atoms with Crippen molar-refractivity contribution >= 4 is 0 Å². The van der Waals surface area contributed by atoms with Crippen LogP contribution in [0.25, 0.3) is 0 Å². The van der Waals surface area contributed by atoms with Gasteiger partial charge in [0.2, 0.25) is 0 Å². The summed E-state index contributed by atoms with van der Waals surface area (Å²) in [7, 11) is 1.52. The maximum absolute atomic E-state index is 10.2. The van der Waals surface area contributed by atoms with E-state index < -0.39 is 11.8 Å². The topological polar surface area (TPSA) is 50.7 Å². The molecule has 0 amide bonds. The first-order valence-electron chi connectivity index (χ1n) is 8.31. The zero-order valence-corrected chi connectivity index (χ0v) is 14.5. The SMILES string of the molecule is COC(O)C1(C)NCCc2cc(OCc3ccccc3C)ccc21. The Morgan fingerprint density at radius 2 is 2.04 bits per heavy atom. The van der Waals surface area contributed by atoms with Gasteiger partial charge in [0, 0.05) is 13.7 Å². The minimum atomic E-state index is -0.893. The second-order valence-corrected chi connectivity index (χ2v) is 6.50. The summed E-state index contributed by atoms with van der Waals surface area (Å²) in [4.78, 5) is 0. The van der Waals surface area contributed by atoms with Crippen molar-refractivity contribution in [3.8, 4) is 5.75 Å². The summed E-state index contributed by atoms with van der Waals surface area (Å²) in [6.07, 6.45) is 0.0124. The number of fused-ring (bicyclic) bond motifs is 1. The smallest absolute Gasteiger partial charge is 0.176 e. The number of benzene rings is 2. The molecule has 2 aromatic carbocycles. The van der Waals surface area contributed by atoms with Crippen LogP contribution in [-0.2, 0) is 23.3 Å². The average molecular weight is 327 g/mol. The molecule has 128 valence electrons. The van der Waals surface area contributed by atoms with Crippen LogP contribution in [0.4, 0.5) is 0 Å². The van der Waals surface area contributed by atoms with Crippen LogP contribution in [0.1, 0.15) is 29.2 Å². The van der Waals surface area contributed by atoms with Crippen molar-refractivity contribution in [2.45, 2.75) is 38.7 Å². The van der Waals surface area contributed by atoms with E-state index in [0.29, 0.717) is 6.61 Å². The molecule has 0 saturated heterocycles. The van der Waals surface area contributed by atoms with Crippen LogP contribution in [0, 0.1) is 6.92 Å². The zero-order chi connectivity index (χ0) is 17.2. The first kappa shape index (κ1) is 17.0. The standard InChI is InChI=1S/C20H25NO3/c1-14-6-4-5-7-16(14)13-24-17-8-9-18-15(12-17)10-11-21-20(18,2)19(22)23-3/h4-9,12,19,21-22H,10-11,13H2,1-3H3. The third-order valence-corrected chi connectivity index (χ3v) is 4.90. The molecule has 0 aromatic heterocycles. The third kappa shape index (κ3) is 3.18. The molecule has 0 spiro atoms. The molecule has 0 radical (unpaired) electrons. The highest BCUT2D eigenvalue weighted by Gasteiger charge is 2.38. The summed E-state index contributed by atoms with van der Waals surface area (Å²) in [6, 6.07) is 14.3. The molecule has 2 aromatic rings. The van der Waals surface area contributed by atoms with E-state index in [1.807, 2.05) is 31.2 Å². The molecule has 2 N–H and O–H groups in total. The van der Waals surface area contributed by atoms with Gasteiger partial charge in [-0.3, -0.25) is 0 Å². The van der Waals surface area contributed by atoms with Gasteiger partial charge in [-0.2, -0.15) is 0 Å². The second-order valence-electron chi connectivity index (χ2n) is 6.50. The fourth-order valence-corrected chi connectivity index (χ4v) is 3.31. The summed E-state index contributed by atoms with van der Waals surface area (Å²) >= 11 is 0. The molecule has 0 bridgehead atoms. The molecule has 24 heavy (non-hydrogen) atoms. The van der Waals surface area contributed by atoms with Crippen molar-refractivity contribution in [3.63, 3.8) is 0 Å². The van der Waals surface area contributed by atoms with Crippen LogP contribution in [0.15, 0.2) is 42.5 Å². The predicted octanol–water partition coefficient (Wildman–Crippen LogP) is 2.90. The number of hydrogen-bond donors (Lipinski definition) is 2. The van der Waals surface area contributed by atoms with Gasteiger partial charge in [0.15, 0.2) is 6.29 Å². The van der Waals surface area contributed by atoms with Crippen LogP contribution >= 0.6 is 0 Å². The van der Waals surface area contributed by atoms with E-state index in [4.69, 9.17) is 9.47 Å². The minimum absolute atomic E-state index is 0.557. The first-order chi connectivity index (χ1) is 11.5. The van der Waals surface area contributed by atoms with Crippen LogP contribution < -0.4 is 10.1 Å². The number of aryl methyl sites for hydroxylation is 1. The summed E-state index contributed by atoms with van der Waals surface area (Å²) in [5.74, 6) is 0.855. The van der Waals surface area contributed by atoms with Crippen molar-refractivity contribution in [3.05, 3.63) is 64.7 Å². The van der Waals surface area contributed by atoms with Crippen molar-refractivity contribution in [1.29, 1.82) is 0 Å². The molecule has 0 aliphatic carbocycles. The van der Waals surface area contributed by atoms with E-state index in [1.54, 1.807) is 0 Å². The van der Waals surface area contributed by atoms with E-state index in [1.165, 1.54) is 23.8 Å². The highest BCUT2D eigenvalue weighted by molar-refractivity contribution is 5.42. The quantitative estimate of drug-likeness (QED) is 0.829. The second kappa shape index (κ2) is 6.93. The van der Waals surface area contributed by atoms with Crippen molar-refractivity contribution < 1.29 is 14.6 Å². The molecule has 2 unspecified atom stereocenters. The lowest BCUT2D eigenvalue weighted by Gasteiger charge is -2.40. The molecule has 2 atom stereocenters. The molecule has 1 aliphatic heterocycles. The van der Waals surface area contributed by atoms with Crippen LogP contribution in [0.2, 0.25) is 0 Å². The normalized spacial score (nSPS) is 21.2. The molecule has 1 heterocycles. The Kier molecular flexibility index (Phi) is 4.90. The van der Waals surface area contributed by atoms with Gasteiger partial charge in [-0.1, -0.05) is 30.3 Å². The Bertz CT molecular complexity index is 716. The highest BCUT2D eigenvalue weighted by atomic mass is 16.6. The Morgan fingerprint density at radius 1 is 1.25 bits per heavy atom. The average Bonchev–Trinajstić information content (AvgIpc) is 2.60. The van der Waals surface area contributed by atoms with Gasteiger partial charge in [-0.25, -0.2) is 0 Å². The Balaban J connectivity index is 1.80. The van der Waals surface area contributed by atoms with E-state index >= 15 is 0 Å². The fraction of sp³-hybridized carbons (Fsp3) is 0.400. The number of aliphatic hydroxyl groups is 1. The fourth-order valence-electron chi connectivity index (χ4n) is 3.31. The van der Waals surface area contributed by atoms with Crippen LogP contribution in [0.5, 0.6) is 5.75 Å². The zero-order valence-electron chi connectivity index (χ0n) is 14.5. The highest BCUT2D eigenvalue weighted by Crippen LogP contribution is 2.34. The Morgan fingerprint density at radius 3 is 2.79 bits per heavy atom. The number of nitrogens with one attached hydrogen (secondary N) is 1. The van der Waals surface area contributed by atoms with Gasteiger partial charge in [-0.15, -0.1) is 0 Å². The summed E-state index contributed by atoms with van der Waals surface area (Å²) < 4.78 is 11.1. The summed E-state index contributed by atoms with van der Waals surface area (Å²) in [5.41, 5.74) is 4.07. The van der Waals surface area contributed by atoms with Crippen molar-refractivity contribution in [1.82, 2.24) is 5.32 Å².